The van der Waals surface area contributed by atoms with E-state index in [2.05, 4.69) is 47.6 Å². The van der Waals surface area contributed by atoms with Crippen LogP contribution in [0.15, 0.2) is 11.6 Å². The van der Waals surface area contributed by atoms with Crippen molar-refractivity contribution in [3.8, 4) is 0 Å². The zero-order valence-electron chi connectivity index (χ0n) is 56.3. The fraction of sp³-hybridized carbons (Fsp3) is 0.970. The second kappa shape index (κ2) is 30.7. The fourth-order valence-corrected chi connectivity index (χ4v) is 18.4. The molecule has 6 heterocycles. The molecule has 6 aliphatic heterocycles. The molecule has 0 bridgehead atoms. The summed E-state index contributed by atoms with van der Waals surface area (Å²) in [5, 5.41) is 195. The third kappa shape index (κ3) is 15.0. The topological polar surface area (TPSA) is 475 Å². The molecule has 0 aromatic carbocycles. The van der Waals surface area contributed by atoms with Gasteiger partial charge in [-0.05, 0) is 99.7 Å². The third-order valence-corrected chi connectivity index (χ3v) is 24.4. The van der Waals surface area contributed by atoms with E-state index >= 15 is 0 Å². The molecule has 30 nitrogen and oxygen atoms in total. The van der Waals surface area contributed by atoms with Gasteiger partial charge in [0.25, 0.3) is 0 Å². The molecule has 9 fully saturated rings. The molecule has 30 heteroatoms. The van der Waals surface area contributed by atoms with E-state index in [0.29, 0.717) is 32.1 Å². The Kier molecular flexibility index (Phi) is 24.7. The van der Waals surface area contributed by atoms with Crippen LogP contribution in [0.25, 0.3) is 0 Å². The minimum Gasteiger partial charge on any atom is -0.394 e. The van der Waals surface area contributed by atoms with Gasteiger partial charge in [0, 0.05) is 36.5 Å². The minimum absolute atomic E-state index is 0.0182. The summed E-state index contributed by atoms with van der Waals surface area (Å²) in [5.74, 6) is 0.208. The van der Waals surface area contributed by atoms with Gasteiger partial charge < -0.3 is 149 Å². The average molecular weight is 1390 g/mol. The molecule has 0 spiro atoms. The maximum Gasteiger partial charge on any atom is 0.187 e. The molecule has 0 radical (unpaired) electrons. The lowest BCUT2D eigenvalue weighted by Crippen LogP contribution is -2.64. The maximum atomic E-state index is 12.9. The molecular formula is C66H112O30. The van der Waals surface area contributed by atoms with Gasteiger partial charge in [0.2, 0.25) is 0 Å². The van der Waals surface area contributed by atoms with E-state index in [4.69, 9.17) is 56.8 Å². The number of fused-ring (bicyclic) bond motifs is 5. The van der Waals surface area contributed by atoms with E-state index in [1.807, 2.05) is 0 Å². The Morgan fingerprint density at radius 1 is 0.531 bits per heavy atom. The largest absolute Gasteiger partial charge is 0.394 e. The lowest BCUT2D eigenvalue weighted by molar-refractivity contribution is -0.365. The van der Waals surface area contributed by atoms with Crippen LogP contribution in [-0.2, 0) is 56.8 Å². The van der Waals surface area contributed by atoms with Gasteiger partial charge in [0.05, 0.1) is 94.1 Å². The molecule has 3 saturated carbocycles. The Morgan fingerprint density at radius 3 is 1.75 bits per heavy atom. The first-order valence-electron chi connectivity index (χ1n) is 34.6. The first-order chi connectivity index (χ1) is 45.1. The van der Waals surface area contributed by atoms with Crippen molar-refractivity contribution in [2.24, 2.45) is 45.3 Å². The van der Waals surface area contributed by atoms with E-state index < -0.39 is 234 Å². The van der Waals surface area contributed by atoms with Gasteiger partial charge in [-0.1, -0.05) is 53.2 Å². The number of rotatable bonds is 23. The van der Waals surface area contributed by atoms with Crippen molar-refractivity contribution in [3.05, 3.63) is 11.6 Å². The molecule has 36 atom stereocenters. The molecule has 10 aliphatic rings. The lowest BCUT2D eigenvalue weighted by Gasteiger charge is -2.67. The molecule has 556 valence electrons. The van der Waals surface area contributed by atoms with Crippen LogP contribution >= 0.6 is 0 Å². The van der Waals surface area contributed by atoms with Crippen LogP contribution in [0.3, 0.4) is 0 Å². The van der Waals surface area contributed by atoms with Gasteiger partial charge >= 0.3 is 0 Å². The van der Waals surface area contributed by atoms with Crippen LogP contribution in [-0.4, -0.2) is 315 Å². The molecule has 96 heavy (non-hydrogen) atoms. The van der Waals surface area contributed by atoms with E-state index in [-0.39, 0.29) is 66.6 Å². The van der Waals surface area contributed by atoms with Crippen molar-refractivity contribution in [1.82, 2.24) is 0 Å². The quantitative estimate of drug-likeness (QED) is 0.0442. The molecule has 18 N–H and O–H groups in total. The fourth-order valence-electron chi connectivity index (χ4n) is 18.4. The molecule has 1 unspecified atom stereocenters. The highest BCUT2D eigenvalue weighted by atomic mass is 16.8. The van der Waals surface area contributed by atoms with Crippen molar-refractivity contribution in [3.63, 3.8) is 0 Å². The maximum absolute atomic E-state index is 12.9. The number of hydrogen-bond donors (Lipinski definition) is 18. The molecular weight excluding hydrogens is 1270 g/mol. The Balaban J connectivity index is 0.795. The first kappa shape index (κ1) is 77.2. The van der Waals surface area contributed by atoms with Crippen LogP contribution in [0.2, 0.25) is 0 Å². The summed E-state index contributed by atoms with van der Waals surface area (Å²) >= 11 is 0. The van der Waals surface area contributed by atoms with E-state index in [1.165, 1.54) is 5.57 Å². The summed E-state index contributed by atoms with van der Waals surface area (Å²) in [4.78, 5) is 0. The number of aliphatic hydroxyl groups is 18. The van der Waals surface area contributed by atoms with Gasteiger partial charge in [-0.25, -0.2) is 0 Å². The Labute approximate surface area is 559 Å². The molecule has 0 amide bonds. The number of ether oxygens (including phenoxy) is 12. The van der Waals surface area contributed by atoms with E-state index in [9.17, 15) is 91.9 Å². The van der Waals surface area contributed by atoms with Crippen LogP contribution in [0.5, 0.6) is 0 Å². The summed E-state index contributed by atoms with van der Waals surface area (Å²) in [6.07, 6.45) is -32.2. The second-order valence-corrected chi connectivity index (χ2v) is 31.1. The highest BCUT2D eigenvalue weighted by Gasteiger charge is 2.70. The number of hydrogen-bond acceptors (Lipinski definition) is 30. The van der Waals surface area contributed by atoms with Gasteiger partial charge in [0.1, 0.15) is 91.6 Å². The number of allylic oxidation sites excluding steroid dienone is 1. The molecule has 6 saturated heterocycles. The van der Waals surface area contributed by atoms with Crippen molar-refractivity contribution < 1.29 is 149 Å². The van der Waals surface area contributed by atoms with Crippen molar-refractivity contribution in [1.29, 1.82) is 0 Å². The zero-order chi connectivity index (χ0) is 70.1. The van der Waals surface area contributed by atoms with Crippen molar-refractivity contribution in [2.75, 3.05) is 39.6 Å². The standard InChI is InChI=1S/C66H112O30/c1-28(9-13-44(63(4,5)84)94-61-57(95-45-18-29(71)17-30(22-67)87-45)53(81)50(78)40(92-61)27-85-58-54(82)51(79)48(76)37(24-69)90-58)32-15-16-64(6)41-12-10-33-34(66(41,8)42(74)21-65(32,64)7)11-14-43(62(33,2)3)93-46-20-35(72)47(75)39(89-46)26-86-60-56(36(73)19-31(23-68)88-60)96-59-55(83)52(80)49(77)38(25-70)91-59/h10,28-32,34-61,67-84H,9,11-27H2,1-8H3/t28-,29+,30+,31+,32-,34-,35-,36+,37-,38-,39-,40-,41?,42-,43+,44-,45+,46+,47+,48+,49-,50-,51+,52+,53+,54-,55-,56-,57-,58+,59+,60-,61+,64+,65-,66+/m1/s1. The van der Waals surface area contributed by atoms with Crippen LogP contribution < -0.4 is 0 Å². The van der Waals surface area contributed by atoms with Gasteiger partial charge in [-0.3, -0.25) is 0 Å². The van der Waals surface area contributed by atoms with Crippen LogP contribution in [0.1, 0.15) is 132 Å². The predicted molar refractivity (Wildman–Crippen MR) is 327 cm³/mol. The normalized spacial score (nSPS) is 50.6. The second-order valence-electron chi connectivity index (χ2n) is 31.1. The SMILES string of the molecule is C[C@H](CC[C@@H](O[C@@H]1O[C@H](CO[C@H]2O[C@H](CO)[C@H](O)[C@H](O)[C@H]2O)[C@@H](O)[C@H](O)[C@H]1O[C@H]1C[C@@H](O)C[C@@H](CO)O1)C(C)(C)O)[C@H]1CC[C@@]2(C)C3CC=C4[C@@H](CC[C@H](O[C@H]5C[C@@H](O)[C@H](O)[C@@H](CO[C@@H]6O[C@H](CO)C[C@H](O)[C@H]6O[C@@H]6O[C@H](CO)[C@@H](O)[C@H](O)[C@H]6O)O5)C4(C)C)[C@]3(C)[C@H](O)C[C@]12C. The minimum atomic E-state index is -1.81. The summed E-state index contributed by atoms with van der Waals surface area (Å²) in [5.41, 5.74) is -2.08. The van der Waals surface area contributed by atoms with Gasteiger partial charge in [-0.2, -0.15) is 0 Å². The van der Waals surface area contributed by atoms with E-state index in [0.717, 1.165) is 12.8 Å². The summed E-state index contributed by atoms with van der Waals surface area (Å²) in [7, 11) is 0. The van der Waals surface area contributed by atoms with Crippen molar-refractivity contribution >= 4 is 0 Å². The van der Waals surface area contributed by atoms with Crippen molar-refractivity contribution in [2.45, 2.75) is 316 Å². The summed E-state index contributed by atoms with van der Waals surface area (Å²) in [6, 6.07) is 0. The Hall–Kier alpha value is -1.46. The molecule has 0 aromatic rings. The molecule has 10 rings (SSSR count). The van der Waals surface area contributed by atoms with E-state index in [1.54, 1.807) is 13.8 Å². The smallest absolute Gasteiger partial charge is 0.187 e. The third-order valence-electron chi connectivity index (χ3n) is 24.4. The van der Waals surface area contributed by atoms with Gasteiger partial charge in [0.15, 0.2) is 37.7 Å². The first-order valence-corrected chi connectivity index (χ1v) is 34.6. The predicted octanol–water partition coefficient (Wildman–Crippen LogP) is -3.47. The van der Waals surface area contributed by atoms with Crippen LogP contribution in [0, 0.1) is 45.3 Å². The summed E-state index contributed by atoms with van der Waals surface area (Å²) in [6.45, 7) is 13.1. The molecule has 4 aliphatic carbocycles. The highest BCUT2D eigenvalue weighted by Crippen LogP contribution is 2.75. The monoisotopic (exact) mass is 1380 g/mol. The molecule has 0 aromatic heterocycles. The lowest BCUT2D eigenvalue weighted by atomic mass is 9.38. The highest BCUT2D eigenvalue weighted by molar-refractivity contribution is 5.32. The number of aliphatic hydroxyl groups excluding tert-OH is 17. The Bertz CT molecular complexity index is 2530. The zero-order valence-corrected chi connectivity index (χ0v) is 56.3. The van der Waals surface area contributed by atoms with Gasteiger partial charge in [-0.15, -0.1) is 0 Å². The average Bonchev–Trinajstić information content (AvgIpc) is 1.31. The van der Waals surface area contributed by atoms with Crippen LogP contribution in [0.4, 0.5) is 0 Å². The summed E-state index contributed by atoms with van der Waals surface area (Å²) < 4.78 is 72.9. The Morgan fingerprint density at radius 2 is 1.11 bits per heavy atom.